The molecule has 0 fully saturated rings. The average molecular weight is 434 g/mol. The molecule has 0 unspecified atom stereocenters. The molecule has 0 aliphatic carbocycles. The Morgan fingerprint density at radius 1 is 1.06 bits per heavy atom. The first-order chi connectivity index (χ1) is 15.1. The number of carbonyl (C=O) groups is 1. The van der Waals surface area contributed by atoms with Crippen molar-refractivity contribution >= 4 is 32.6 Å². The Hall–Kier alpha value is -3.45. The molecule has 1 amide bonds. The summed E-state index contributed by atoms with van der Waals surface area (Å²) < 4.78 is 11.6. The van der Waals surface area contributed by atoms with Gasteiger partial charge in [0, 0.05) is 12.4 Å². The molecule has 4 rings (SSSR count). The van der Waals surface area contributed by atoms with Gasteiger partial charge in [-0.15, -0.1) is 0 Å². The number of methoxy groups -OCH3 is 2. The van der Waals surface area contributed by atoms with Crippen molar-refractivity contribution in [1.29, 1.82) is 0 Å². The van der Waals surface area contributed by atoms with Crippen LogP contribution in [0.2, 0.25) is 0 Å². The molecular formula is C24H23N3O3S. The highest BCUT2D eigenvalue weighted by molar-refractivity contribution is 7.22. The first kappa shape index (κ1) is 20.8. The van der Waals surface area contributed by atoms with Crippen molar-refractivity contribution in [2.24, 2.45) is 0 Å². The van der Waals surface area contributed by atoms with Crippen LogP contribution in [0.3, 0.4) is 0 Å². The van der Waals surface area contributed by atoms with Gasteiger partial charge >= 0.3 is 0 Å². The molecule has 0 saturated heterocycles. The van der Waals surface area contributed by atoms with Gasteiger partial charge in [0.2, 0.25) is 5.91 Å². The topological polar surface area (TPSA) is 64.5 Å². The van der Waals surface area contributed by atoms with E-state index < -0.39 is 0 Å². The number of amides is 1. The highest BCUT2D eigenvalue weighted by atomic mass is 32.1. The second-order valence-electron chi connectivity index (χ2n) is 7.15. The zero-order chi connectivity index (χ0) is 21.8. The molecule has 2 aromatic carbocycles. The molecule has 0 aliphatic rings. The third-order valence-corrected chi connectivity index (χ3v) is 6.04. The average Bonchev–Trinajstić information content (AvgIpc) is 3.21. The Labute approximate surface area is 185 Å². The van der Waals surface area contributed by atoms with Gasteiger partial charge in [-0.3, -0.25) is 14.7 Å². The number of carbonyl (C=O) groups excluding carboxylic acids is 1. The Morgan fingerprint density at radius 3 is 2.65 bits per heavy atom. The molecule has 31 heavy (non-hydrogen) atoms. The number of anilines is 1. The van der Waals surface area contributed by atoms with E-state index in [0.29, 0.717) is 11.7 Å². The molecule has 0 saturated carbocycles. The first-order valence-electron chi connectivity index (χ1n) is 9.84. The van der Waals surface area contributed by atoms with E-state index >= 15 is 0 Å². The Bertz CT molecular complexity index is 1210. The van der Waals surface area contributed by atoms with Crippen molar-refractivity contribution in [2.75, 3.05) is 19.1 Å². The highest BCUT2D eigenvalue weighted by Gasteiger charge is 2.21. The van der Waals surface area contributed by atoms with Crippen LogP contribution in [-0.4, -0.2) is 30.1 Å². The lowest BCUT2D eigenvalue weighted by atomic mass is 10.1. The van der Waals surface area contributed by atoms with Crippen LogP contribution in [0.1, 0.15) is 16.7 Å². The van der Waals surface area contributed by atoms with Crippen LogP contribution >= 0.6 is 11.3 Å². The summed E-state index contributed by atoms with van der Waals surface area (Å²) in [5.41, 5.74) is 3.71. The minimum atomic E-state index is -0.0283. The Balaban J connectivity index is 1.67. The van der Waals surface area contributed by atoms with Crippen LogP contribution < -0.4 is 14.4 Å². The van der Waals surface area contributed by atoms with Gasteiger partial charge in [0.05, 0.1) is 37.4 Å². The number of benzene rings is 2. The van der Waals surface area contributed by atoms with Crippen LogP contribution in [-0.2, 0) is 17.8 Å². The molecule has 0 aliphatic heterocycles. The molecule has 0 radical (unpaired) electrons. The SMILES string of the molecule is COc1ccc2nc(N(Cc3cccnc3)C(=O)Cc3ccc(OC)c(C)c3)sc2c1. The number of pyridine rings is 1. The fourth-order valence-electron chi connectivity index (χ4n) is 3.39. The van der Waals surface area contributed by atoms with E-state index in [9.17, 15) is 4.79 Å². The van der Waals surface area contributed by atoms with E-state index in [1.54, 1.807) is 31.5 Å². The number of fused-ring (bicyclic) bond motifs is 1. The molecule has 7 heteroatoms. The third kappa shape index (κ3) is 4.67. The van der Waals surface area contributed by atoms with Crippen LogP contribution in [0.4, 0.5) is 5.13 Å². The highest BCUT2D eigenvalue weighted by Crippen LogP contribution is 2.32. The van der Waals surface area contributed by atoms with Crippen molar-refractivity contribution < 1.29 is 14.3 Å². The summed E-state index contributed by atoms with van der Waals surface area (Å²) in [5.74, 6) is 1.55. The Morgan fingerprint density at radius 2 is 1.94 bits per heavy atom. The minimum Gasteiger partial charge on any atom is -0.497 e. The molecule has 0 spiro atoms. The van der Waals surface area contributed by atoms with E-state index in [1.807, 2.05) is 55.5 Å². The molecule has 0 N–H and O–H groups in total. The molecule has 0 bridgehead atoms. The lowest BCUT2D eigenvalue weighted by molar-refractivity contribution is -0.118. The van der Waals surface area contributed by atoms with Crippen molar-refractivity contribution in [2.45, 2.75) is 19.9 Å². The fraction of sp³-hybridized carbons (Fsp3) is 0.208. The second kappa shape index (κ2) is 9.14. The van der Waals surface area contributed by atoms with E-state index in [2.05, 4.69) is 4.98 Å². The van der Waals surface area contributed by atoms with Crippen molar-refractivity contribution in [1.82, 2.24) is 9.97 Å². The van der Waals surface area contributed by atoms with Gasteiger partial charge < -0.3 is 9.47 Å². The Kier molecular flexibility index (Phi) is 6.13. The maximum Gasteiger partial charge on any atom is 0.233 e. The molecule has 6 nitrogen and oxygen atoms in total. The van der Waals surface area contributed by atoms with Crippen molar-refractivity contribution in [3.05, 3.63) is 77.6 Å². The summed E-state index contributed by atoms with van der Waals surface area (Å²) in [6.07, 6.45) is 3.76. The lowest BCUT2D eigenvalue weighted by Gasteiger charge is -2.20. The third-order valence-electron chi connectivity index (χ3n) is 4.99. The summed E-state index contributed by atoms with van der Waals surface area (Å²) in [4.78, 5) is 24.0. The second-order valence-corrected chi connectivity index (χ2v) is 8.16. The maximum absolute atomic E-state index is 13.4. The number of thiazole rings is 1. The van der Waals surface area contributed by atoms with Crippen molar-refractivity contribution in [3.8, 4) is 11.5 Å². The summed E-state index contributed by atoms with van der Waals surface area (Å²) in [6, 6.07) is 15.4. The zero-order valence-electron chi connectivity index (χ0n) is 17.7. The number of aromatic nitrogens is 2. The standard InChI is InChI=1S/C24H23N3O3S/c1-16-11-17(6-9-21(16)30-3)12-23(28)27(15-18-5-4-10-25-14-18)24-26-20-8-7-19(29-2)13-22(20)31-24/h4-11,13-14H,12,15H2,1-3H3. The summed E-state index contributed by atoms with van der Waals surface area (Å²) in [6.45, 7) is 2.37. The maximum atomic E-state index is 13.4. The minimum absolute atomic E-state index is 0.0283. The first-order valence-corrected chi connectivity index (χ1v) is 10.7. The largest absolute Gasteiger partial charge is 0.497 e. The van der Waals surface area contributed by atoms with Gasteiger partial charge in [0.15, 0.2) is 5.13 Å². The fourth-order valence-corrected chi connectivity index (χ4v) is 4.40. The van der Waals surface area contributed by atoms with Gasteiger partial charge in [0.25, 0.3) is 0 Å². The van der Waals surface area contributed by atoms with E-state index in [1.165, 1.54) is 11.3 Å². The van der Waals surface area contributed by atoms with Gasteiger partial charge in [-0.1, -0.05) is 29.5 Å². The molecular weight excluding hydrogens is 410 g/mol. The molecule has 2 aromatic heterocycles. The smallest absolute Gasteiger partial charge is 0.233 e. The quantitative estimate of drug-likeness (QED) is 0.419. The summed E-state index contributed by atoms with van der Waals surface area (Å²) >= 11 is 1.48. The number of rotatable bonds is 7. The number of hydrogen-bond acceptors (Lipinski definition) is 6. The number of aryl methyl sites for hydroxylation is 1. The number of ether oxygens (including phenoxy) is 2. The normalized spacial score (nSPS) is 10.8. The lowest BCUT2D eigenvalue weighted by Crippen LogP contribution is -2.31. The number of hydrogen-bond donors (Lipinski definition) is 0. The van der Waals surface area contributed by atoms with E-state index in [-0.39, 0.29) is 12.3 Å². The molecule has 2 heterocycles. The molecule has 158 valence electrons. The predicted octanol–water partition coefficient (Wildman–Crippen LogP) is 4.79. The summed E-state index contributed by atoms with van der Waals surface area (Å²) in [5, 5.41) is 0.655. The van der Waals surface area contributed by atoms with Gasteiger partial charge in [-0.2, -0.15) is 0 Å². The van der Waals surface area contributed by atoms with E-state index in [4.69, 9.17) is 14.5 Å². The number of nitrogens with zero attached hydrogens (tertiary/aromatic N) is 3. The zero-order valence-corrected chi connectivity index (χ0v) is 18.5. The van der Waals surface area contributed by atoms with Crippen LogP contribution in [0.25, 0.3) is 10.2 Å². The predicted molar refractivity (Wildman–Crippen MR) is 123 cm³/mol. The van der Waals surface area contributed by atoms with Gasteiger partial charge in [0.1, 0.15) is 11.5 Å². The van der Waals surface area contributed by atoms with Crippen LogP contribution in [0, 0.1) is 6.92 Å². The summed E-state index contributed by atoms with van der Waals surface area (Å²) in [7, 11) is 3.28. The van der Waals surface area contributed by atoms with E-state index in [0.717, 1.165) is 38.4 Å². The monoisotopic (exact) mass is 433 g/mol. The van der Waals surface area contributed by atoms with Gasteiger partial charge in [-0.25, -0.2) is 4.98 Å². The van der Waals surface area contributed by atoms with Crippen LogP contribution in [0.5, 0.6) is 11.5 Å². The molecule has 0 atom stereocenters. The van der Waals surface area contributed by atoms with Crippen molar-refractivity contribution in [3.63, 3.8) is 0 Å². The van der Waals surface area contributed by atoms with Crippen LogP contribution in [0.15, 0.2) is 60.9 Å². The van der Waals surface area contributed by atoms with Gasteiger partial charge in [-0.05, 0) is 53.9 Å². The molecule has 4 aromatic rings.